The van der Waals surface area contributed by atoms with Crippen molar-refractivity contribution < 1.29 is 14.1 Å². The number of hydrogen-bond acceptors (Lipinski definition) is 2. The van der Waals surface area contributed by atoms with E-state index in [0.29, 0.717) is 11.2 Å². The van der Waals surface area contributed by atoms with Gasteiger partial charge < -0.3 is 4.74 Å². The third-order valence-electron chi connectivity index (χ3n) is 3.80. The van der Waals surface area contributed by atoms with Crippen LogP contribution in [0.5, 0.6) is 5.75 Å². The maximum Gasteiger partial charge on any atom is 0.510 e. The second-order valence-electron chi connectivity index (χ2n) is 5.36. The van der Waals surface area contributed by atoms with E-state index in [4.69, 9.17) is 4.74 Å². The average molecular weight is 257 g/mol. The molecule has 4 heteroatoms. The van der Waals surface area contributed by atoms with Gasteiger partial charge in [-0.05, 0) is 25.0 Å². The van der Waals surface area contributed by atoms with E-state index in [1.165, 1.54) is 18.5 Å². The molecule has 19 heavy (non-hydrogen) atoms. The topological polar surface area (TPSA) is 41.3 Å². The lowest BCUT2D eigenvalue weighted by Crippen LogP contribution is -2.43. The van der Waals surface area contributed by atoms with Crippen LogP contribution >= 0.6 is 0 Å². The molecule has 4 nitrogen and oxygen atoms in total. The van der Waals surface area contributed by atoms with Crippen LogP contribution in [0, 0.1) is 5.41 Å². The van der Waals surface area contributed by atoms with Crippen molar-refractivity contribution in [2.45, 2.75) is 19.8 Å². The number of carbonyl (C=O) groups excluding carboxylic acids is 1. The summed E-state index contributed by atoms with van der Waals surface area (Å²) >= 11 is 0. The Labute approximate surface area is 112 Å². The molecule has 0 aromatic heterocycles. The fraction of sp³-hybridized carbons (Fsp3) is 0.333. The largest absolute Gasteiger partial charge is 0.510 e. The number of rotatable bonds is 2. The predicted octanol–water partition coefficient (Wildman–Crippen LogP) is 2.51. The van der Waals surface area contributed by atoms with Crippen molar-refractivity contribution in [1.29, 1.82) is 0 Å². The van der Waals surface area contributed by atoms with Crippen LogP contribution in [0.2, 0.25) is 0 Å². The summed E-state index contributed by atoms with van der Waals surface area (Å²) < 4.78 is 7.21. The van der Waals surface area contributed by atoms with Gasteiger partial charge in [-0.15, -0.1) is 0 Å². The summed E-state index contributed by atoms with van der Waals surface area (Å²) in [5, 5.41) is 2.75. The summed E-state index contributed by atoms with van der Waals surface area (Å²) in [6, 6.07) is 9.04. The Bertz CT molecular complexity index is 583. The number of amides is 1. The zero-order chi connectivity index (χ0) is 13.5. The van der Waals surface area contributed by atoms with E-state index in [1.54, 1.807) is 12.1 Å². The summed E-state index contributed by atoms with van der Waals surface area (Å²) in [5.41, 5.74) is 1.62. The van der Waals surface area contributed by atoms with Crippen LogP contribution < -0.4 is 10.1 Å². The number of benzene rings is 1. The van der Waals surface area contributed by atoms with Crippen molar-refractivity contribution in [2.75, 3.05) is 7.05 Å². The first-order chi connectivity index (χ1) is 9.08. The van der Waals surface area contributed by atoms with E-state index in [0.717, 1.165) is 5.84 Å². The molecule has 0 atom stereocenters. The lowest BCUT2D eigenvalue weighted by Gasteiger charge is -2.21. The lowest BCUT2D eigenvalue weighted by atomic mass is 10.0. The van der Waals surface area contributed by atoms with E-state index in [2.05, 4.69) is 12.2 Å². The molecule has 0 bridgehead atoms. The van der Waals surface area contributed by atoms with Gasteiger partial charge in [-0.1, -0.05) is 25.1 Å². The van der Waals surface area contributed by atoms with Crippen LogP contribution in [0.25, 0.3) is 0 Å². The highest BCUT2D eigenvalue weighted by molar-refractivity contribution is 6.02. The Balaban J connectivity index is 1.58. The molecule has 1 aliphatic carbocycles. The number of para-hydroxylation sites is 1. The fourth-order valence-electron chi connectivity index (χ4n) is 2.26. The van der Waals surface area contributed by atoms with Crippen LogP contribution in [0.4, 0.5) is 4.79 Å². The molecule has 1 fully saturated rings. The first-order valence-corrected chi connectivity index (χ1v) is 6.45. The van der Waals surface area contributed by atoms with E-state index < -0.39 is 6.09 Å². The first kappa shape index (κ1) is 12.0. The Morgan fingerprint density at radius 1 is 1.32 bits per heavy atom. The Hall–Kier alpha value is -2.10. The Morgan fingerprint density at radius 2 is 2.00 bits per heavy atom. The first-order valence-electron chi connectivity index (χ1n) is 6.45. The van der Waals surface area contributed by atoms with Gasteiger partial charge >= 0.3 is 6.09 Å². The van der Waals surface area contributed by atoms with Crippen molar-refractivity contribution in [3.8, 4) is 5.75 Å². The van der Waals surface area contributed by atoms with Crippen LogP contribution in [0.1, 0.15) is 19.8 Å². The summed E-state index contributed by atoms with van der Waals surface area (Å²) in [6.07, 6.45) is 4.03. The molecule has 1 amide bonds. The highest BCUT2D eigenvalue weighted by Gasteiger charge is 2.48. The fourth-order valence-corrected chi connectivity index (χ4v) is 2.26. The monoisotopic (exact) mass is 257 g/mol. The second kappa shape index (κ2) is 4.23. The molecule has 0 unspecified atom stereocenters. The van der Waals surface area contributed by atoms with Crippen molar-refractivity contribution in [2.24, 2.45) is 5.41 Å². The minimum atomic E-state index is -0.454. The number of hydrogen-bond donors (Lipinski definition) is 1. The van der Waals surface area contributed by atoms with Gasteiger partial charge in [0.05, 0.1) is 13.1 Å². The molecular formula is C15H17N2O2+. The van der Waals surface area contributed by atoms with Gasteiger partial charge in [-0.2, -0.15) is 10.1 Å². The molecular weight excluding hydrogens is 240 g/mol. The quantitative estimate of drug-likeness (QED) is 0.827. The zero-order valence-electron chi connectivity index (χ0n) is 11.1. The summed E-state index contributed by atoms with van der Waals surface area (Å²) in [7, 11) is 1.97. The standard InChI is InChI=1S/C15H16N2O2/c1-15(8-9-15)12-10-13(17(12)2)16-14(18)19-11-6-4-3-5-7-11/h3-7,10H,8-9H2,1-2H3/p+1. The van der Waals surface area contributed by atoms with Crippen molar-refractivity contribution in [1.82, 2.24) is 5.32 Å². The molecule has 1 aromatic rings. The van der Waals surface area contributed by atoms with E-state index in [9.17, 15) is 4.79 Å². The molecule has 1 heterocycles. The van der Waals surface area contributed by atoms with Gasteiger partial charge in [0.15, 0.2) is 0 Å². The molecule has 1 aliphatic heterocycles. The lowest BCUT2D eigenvalue weighted by molar-refractivity contribution is -0.467. The molecule has 3 rings (SSSR count). The van der Waals surface area contributed by atoms with Crippen molar-refractivity contribution in [3.63, 3.8) is 0 Å². The van der Waals surface area contributed by atoms with Gasteiger partial charge in [0, 0.05) is 5.41 Å². The van der Waals surface area contributed by atoms with Crippen molar-refractivity contribution >= 4 is 11.9 Å². The maximum atomic E-state index is 11.7. The SMILES string of the molecule is C[N+]1=C(NC(=O)Oc2ccccc2)C=C1C1(C)CC1. The van der Waals surface area contributed by atoms with Crippen LogP contribution in [-0.2, 0) is 0 Å². The van der Waals surface area contributed by atoms with Crippen molar-refractivity contribution in [3.05, 3.63) is 42.1 Å². The highest BCUT2D eigenvalue weighted by atomic mass is 16.6. The molecule has 98 valence electrons. The number of ether oxygens (including phenoxy) is 1. The van der Waals surface area contributed by atoms with Crippen LogP contribution in [-0.4, -0.2) is 23.6 Å². The van der Waals surface area contributed by atoms with Crippen LogP contribution in [0.3, 0.4) is 0 Å². The predicted molar refractivity (Wildman–Crippen MR) is 72.2 cm³/mol. The third kappa shape index (κ3) is 2.26. The molecule has 1 N–H and O–H groups in total. The van der Waals surface area contributed by atoms with Gasteiger partial charge in [0.25, 0.3) is 5.84 Å². The minimum absolute atomic E-state index is 0.323. The minimum Gasteiger partial charge on any atom is -0.392 e. The molecule has 0 radical (unpaired) electrons. The van der Waals surface area contributed by atoms with Gasteiger partial charge in [-0.3, -0.25) is 0 Å². The van der Waals surface area contributed by atoms with Gasteiger partial charge in [-0.25, -0.2) is 4.58 Å². The molecule has 0 spiro atoms. The maximum absolute atomic E-state index is 11.7. The smallest absolute Gasteiger partial charge is 0.392 e. The number of nitrogens with zero attached hydrogens (tertiary/aromatic N) is 1. The van der Waals surface area contributed by atoms with Gasteiger partial charge in [0.1, 0.15) is 11.4 Å². The van der Waals surface area contributed by atoms with E-state index in [-0.39, 0.29) is 0 Å². The zero-order valence-corrected chi connectivity index (χ0v) is 11.1. The molecule has 0 saturated heterocycles. The Morgan fingerprint density at radius 3 is 2.58 bits per heavy atom. The normalized spacial score (nSPS) is 19.4. The molecule has 2 aliphatic rings. The number of amidine groups is 1. The summed E-state index contributed by atoms with van der Waals surface area (Å²) in [6.45, 7) is 2.24. The van der Waals surface area contributed by atoms with Crippen LogP contribution in [0.15, 0.2) is 42.1 Å². The summed E-state index contributed by atoms with van der Waals surface area (Å²) in [5.74, 6) is 1.34. The highest BCUT2D eigenvalue weighted by Crippen LogP contribution is 2.52. The van der Waals surface area contributed by atoms with Gasteiger partial charge in [0.2, 0.25) is 0 Å². The summed E-state index contributed by atoms with van der Waals surface area (Å²) in [4.78, 5) is 11.7. The number of carbonyl (C=O) groups is 1. The third-order valence-corrected chi connectivity index (χ3v) is 3.80. The molecule has 1 saturated carbocycles. The average Bonchev–Trinajstić information content (AvgIpc) is 3.13. The number of allylic oxidation sites excluding steroid dienone is 1. The van der Waals surface area contributed by atoms with E-state index >= 15 is 0 Å². The Kier molecular flexibility index (Phi) is 2.66. The number of nitrogens with one attached hydrogen (secondary N) is 1. The second-order valence-corrected chi connectivity index (χ2v) is 5.36. The molecule has 1 aromatic carbocycles. The van der Waals surface area contributed by atoms with E-state index in [1.807, 2.05) is 35.9 Å².